The molecule has 1 aromatic heterocycles. The van der Waals surface area contributed by atoms with Crippen LogP contribution in [0.25, 0.3) is 0 Å². The van der Waals surface area contributed by atoms with E-state index >= 15 is 0 Å². The van der Waals surface area contributed by atoms with Gasteiger partial charge in [-0.25, -0.2) is 0 Å². The molecule has 0 aliphatic heterocycles. The third kappa shape index (κ3) is 4.65. The Morgan fingerprint density at radius 2 is 1.86 bits per heavy atom. The Bertz CT molecular complexity index is 963. The number of carbonyl (C=O) groups is 1. The largest absolute Gasteiger partial charge is 0.359 e. The molecule has 0 saturated heterocycles. The van der Waals surface area contributed by atoms with Crippen molar-refractivity contribution in [1.82, 2.24) is 10.5 Å². The van der Waals surface area contributed by atoms with Gasteiger partial charge in [-0.3, -0.25) is 15.1 Å². The summed E-state index contributed by atoms with van der Waals surface area (Å²) in [6.45, 7) is 2.11. The number of nitrogens with zero attached hydrogens (tertiary/aromatic N) is 2. The van der Waals surface area contributed by atoms with Crippen molar-refractivity contribution in [1.29, 1.82) is 0 Å². The average Bonchev–Trinajstić information content (AvgIpc) is 3.19. The van der Waals surface area contributed by atoms with Crippen LogP contribution in [0.2, 0.25) is 0 Å². The van der Waals surface area contributed by atoms with Crippen molar-refractivity contribution in [2.75, 3.05) is 19.4 Å². The molecule has 3 rings (SSSR count). The van der Waals surface area contributed by atoms with Gasteiger partial charge in [-0.15, -0.1) is 0 Å². The number of hydrogen-bond donors (Lipinski definition) is 2. The number of carbonyl (C=O) groups excluding carboxylic acids is 1. The summed E-state index contributed by atoms with van der Waals surface area (Å²) in [6, 6.07) is 19.0. The van der Waals surface area contributed by atoms with E-state index < -0.39 is 0 Å². The molecule has 0 saturated carbocycles. The molecule has 0 aliphatic carbocycles. The minimum absolute atomic E-state index is 0.0287. The SMILES string of the molecule is CN=C(NC)Nc1cc(CC(C)c2cccc(C(=O)c3ccccc3)c2)no1. The van der Waals surface area contributed by atoms with E-state index in [-0.39, 0.29) is 11.7 Å². The lowest BCUT2D eigenvalue weighted by molar-refractivity contribution is 0.103. The van der Waals surface area contributed by atoms with E-state index in [4.69, 9.17) is 4.52 Å². The number of guanidine groups is 1. The Hall–Kier alpha value is -3.41. The highest BCUT2D eigenvalue weighted by Crippen LogP contribution is 2.23. The number of aliphatic imine (C=N–C) groups is 1. The number of anilines is 1. The topological polar surface area (TPSA) is 79.5 Å². The van der Waals surface area contributed by atoms with Crippen LogP contribution in [0.4, 0.5) is 5.88 Å². The molecule has 0 aliphatic rings. The molecule has 1 unspecified atom stereocenters. The second kappa shape index (κ2) is 8.99. The summed E-state index contributed by atoms with van der Waals surface area (Å²) in [5, 5.41) is 10.1. The normalized spacial score (nSPS) is 12.5. The van der Waals surface area contributed by atoms with E-state index in [2.05, 4.69) is 27.7 Å². The summed E-state index contributed by atoms with van der Waals surface area (Å²) in [5.74, 6) is 1.35. The van der Waals surface area contributed by atoms with Gasteiger partial charge in [-0.05, 0) is 24.0 Å². The number of hydrogen-bond acceptors (Lipinski definition) is 4. The fourth-order valence-corrected chi connectivity index (χ4v) is 2.99. The van der Waals surface area contributed by atoms with E-state index in [0.29, 0.717) is 29.4 Å². The van der Waals surface area contributed by atoms with Gasteiger partial charge in [-0.2, -0.15) is 0 Å². The zero-order chi connectivity index (χ0) is 19.9. The van der Waals surface area contributed by atoms with E-state index in [9.17, 15) is 4.79 Å². The van der Waals surface area contributed by atoms with E-state index in [1.165, 1.54) is 0 Å². The fraction of sp³-hybridized carbons (Fsp3) is 0.227. The number of nitrogens with one attached hydrogen (secondary N) is 2. The highest BCUT2D eigenvalue weighted by atomic mass is 16.5. The van der Waals surface area contributed by atoms with Crippen molar-refractivity contribution >= 4 is 17.6 Å². The average molecular weight is 376 g/mol. The van der Waals surface area contributed by atoms with E-state index in [1.54, 1.807) is 14.1 Å². The summed E-state index contributed by atoms with van der Waals surface area (Å²) in [6.07, 6.45) is 0.701. The second-order valence-electron chi connectivity index (χ2n) is 6.56. The van der Waals surface area contributed by atoms with Crippen molar-refractivity contribution in [3.63, 3.8) is 0 Å². The Kier molecular flexibility index (Phi) is 6.22. The van der Waals surface area contributed by atoms with Crippen LogP contribution in [-0.2, 0) is 6.42 Å². The van der Waals surface area contributed by atoms with Crippen molar-refractivity contribution in [3.8, 4) is 0 Å². The molecule has 0 fully saturated rings. The zero-order valence-corrected chi connectivity index (χ0v) is 16.3. The second-order valence-corrected chi connectivity index (χ2v) is 6.56. The summed E-state index contributed by atoms with van der Waals surface area (Å²) in [4.78, 5) is 16.7. The number of aromatic nitrogens is 1. The van der Waals surface area contributed by atoms with Crippen LogP contribution >= 0.6 is 0 Å². The molecule has 0 spiro atoms. The molecule has 6 heteroatoms. The molecule has 144 valence electrons. The van der Waals surface area contributed by atoms with Crippen LogP contribution in [0.3, 0.4) is 0 Å². The molecular formula is C22H24N4O2. The Morgan fingerprint density at radius 3 is 2.57 bits per heavy atom. The minimum Gasteiger partial charge on any atom is -0.359 e. The number of rotatable bonds is 6. The maximum Gasteiger partial charge on any atom is 0.231 e. The molecule has 0 amide bonds. The first-order valence-corrected chi connectivity index (χ1v) is 9.17. The molecule has 1 heterocycles. The van der Waals surface area contributed by atoms with Gasteiger partial charge in [0.2, 0.25) is 5.88 Å². The van der Waals surface area contributed by atoms with Gasteiger partial charge in [0.1, 0.15) is 0 Å². The highest BCUT2D eigenvalue weighted by Gasteiger charge is 2.14. The van der Waals surface area contributed by atoms with Crippen LogP contribution < -0.4 is 10.6 Å². The monoisotopic (exact) mass is 376 g/mol. The first-order valence-electron chi connectivity index (χ1n) is 9.17. The maximum absolute atomic E-state index is 12.7. The quantitative estimate of drug-likeness (QED) is 0.388. The summed E-state index contributed by atoms with van der Waals surface area (Å²) >= 11 is 0. The van der Waals surface area contributed by atoms with Crippen LogP contribution in [0.5, 0.6) is 0 Å². The fourth-order valence-electron chi connectivity index (χ4n) is 2.99. The van der Waals surface area contributed by atoms with Crippen LogP contribution in [0.15, 0.2) is 70.2 Å². The van der Waals surface area contributed by atoms with Gasteiger partial charge in [0.05, 0.1) is 5.69 Å². The maximum atomic E-state index is 12.7. The molecular weight excluding hydrogens is 352 g/mol. The summed E-state index contributed by atoms with van der Waals surface area (Å²) in [5.41, 5.74) is 3.31. The van der Waals surface area contributed by atoms with Gasteiger partial charge >= 0.3 is 0 Å². The summed E-state index contributed by atoms with van der Waals surface area (Å²) in [7, 11) is 3.46. The number of ketones is 1. The molecule has 0 bridgehead atoms. The van der Waals surface area contributed by atoms with Gasteiger partial charge in [0, 0.05) is 31.3 Å². The molecule has 2 N–H and O–H groups in total. The predicted molar refractivity (Wildman–Crippen MR) is 111 cm³/mol. The smallest absolute Gasteiger partial charge is 0.231 e. The van der Waals surface area contributed by atoms with Crippen LogP contribution in [0.1, 0.15) is 40.0 Å². The lowest BCUT2D eigenvalue weighted by Gasteiger charge is -2.11. The lowest BCUT2D eigenvalue weighted by Crippen LogP contribution is -2.26. The summed E-state index contributed by atoms with van der Waals surface area (Å²) < 4.78 is 5.32. The Labute approximate surface area is 164 Å². The molecule has 2 aromatic carbocycles. The van der Waals surface area contributed by atoms with Crippen molar-refractivity contribution in [2.45, 2.75) is 19.3 Å². The van der Waals surface area contributed by atoms with Gasteiger partial charge in [-0.1, -0.05) is 60.6 Å². The molecule has 0 radical (unpaired) electrons. The third-order valence-corrected chi connectivity index (χ3v) is 4.53. The van der Waals surface area contributed by atoms with E-state index in [0.717, 1.165) is 11.3 Å². The minimum atomic E-state index is 0.0287. The molecule has 6 nitrogen and oxygen atoms in total. The first kappa shape index (κ1) is 19.4. The standard InChI is InChI=1S/C22H24N4O2/c1-15(12-19-14-20(28-26-19)25-22(23-2)24-3)17-10-7-11-18(13-17)21(27)16-8-5-4-6-9-16/h4-11,13-15H,12H2,1-3H3,(H2,23,24,25). The first-order chi connectivity index (χ1) is 13.6. The van der Waals surface area contributed by atoms with Crippen molar-refractivity contribution in [2.24, 2.45) is 4.99 Å². The Balaban J connectivity index is 1.71. The highest BCUT2D eigenvalue weighted by molar-refractivity contribution is 6.09. The number of benzene rings is 2. The lowest BCUT2D eigenvalue weighted by atomic mass is 9.93. The zero-order valence-electron chi connectivity index (χ0n) is 16.3. The molecule has 28 heavy (non-hydrogen) atoms. The van der Waals surface area contributed by atoms with Crippen LogP contribution in [0, 0.1) is 0 Å². The van der Waals surface area contributed by atoms with Crippen molar-refractivity contribution in [3.05, 3.63) is 83.0 Å². The third-order valence-electron chi connectivity index (χ3n) is 4.53. The van der Waals surface area contributed by atoms with Crippen molar-refractivity contribution < 1.29 is 9.32 Å². The van der Waals surface area contributed by atoms with Gasteiger partial charge in [0.15, 0.2) is 11.7 Å². The van der Waals surface area contributed by atoms with Crippen LogP contribution in [-0.4, -0.2) is 31.0 Å². The van der Waals surface area contributed by atoms with Gasteiger partial charge < -0.3 is 9.84 Å². The Morgan fingerprint density at radius 1 is 1.11 bits per heavy atom. The molecule has 3 aromatic rings. The molecule has 1 atom stereocenters. The predicted octanol–water partition coefficient (Wildman–Crippen LogP) is 3.87. The van der Waals surface area contributed by atoms with E-state index in [1.807, 2.05) is 60.7 Å². The van der Waals surface area contributed by atoms with Gasteiger partial charge in [0.25, 0.3) is 0 Å².